The van der Waals surface area contributed by atoms with E-state index in [2.05, 4.69) is 5.32 Å². The summed E-state index contributed by atoms with van der Waals surface area (Å²) in [7, 11) is 4.68. The van der Waals surface area contributed by atoms with Crippen molar-refractivity contribution in [3.05, 3.63) is 88.6 Å². The number of pyridine rings is 1. The molecule has 0 spiro atoms. The molecular weight excluding hydrogens is 550 g/mol. The third-order valence-electron chi connectivity index (χ3n) is 7.19. The molecule has 43 heavy (non-hydrogen) atoms. The van der Waals surface area contributed by atoms with Gasteiger partial charge in [0.15, 0.2) is 18.1 Å². The summed E-state index contributed by atoms with van der Waals surface area (Å²) >= 11 is 0. The number of nitrogens with zero attached hydrogens (tertiary/aromatic N) is 1. The highest BCUT2D eigenvalue weighted by Crippen LogP contribution is 2.41. The normalized spacial score (nSPS) is 13.2. The molecule has 1 aliphatic rings. The van der Waals surface area contributed by atoms with E-state index in [0.29, 0.717) is 57.1 Å². The fourth-order valence-electron chi connectivity index (χ4n) is 5.21. The van der Waals surface area contributed by atoms with Gasteiger partial charge < -0.3 is 30.0 Å². The van der Waals surface area contributed by atoms with Crippen LogP contribution in [0.3, 0.4) is 0 Å². The number of primary amides is 1. The van der Waals surface area contributed by atoms with Gasteiger partial charge in [-0.3, -0.25) is 9.59 Å². The first-order valence-electron chi connectivity index (χ1n) is 13.6. The molecule has 0 fully saturated rings. The summed E-state index contributed by atoms with van der Waals surface area (Å²) in [5, 5.41) is 3.31. The zero-order valence-corrected chi connectivity index (χ0v) is 24.1. The Hall–Kier alpha value is -5.38. The second-order valence-corrected chi connectivity index (χ2v) is 9.88. The van der Waals surface area contributed by atoms with Crippen LogP contribution < -0.4 is 25.3 Å². The number of rotatable bonds is 9. The summed E-state index contributed by atoms with van der Waals surface area (Å²) in [6.45, 7) is -0.490. The minimum atomic E-state index is -0.608. The Morgan fingerprint density at radius 1 is 0.930 bits per heavy atom. The number of nitrogens with two attached hydrogens (primary N) is 1. The lowest BCUT2D eigenvalue weighted by Gasteiger charge is -2.22. The van der Waals surface area contributed by atoms with Crippen LogP contribution in [0, 0.1) is 0 Å². The number of hydrogen-bond acceptors (Lipinski definition) is 8. The van der Waals surface area contributed by atoms with E-state index in [9.17, 15) is 14.4 Å². The number of carbonyl (C=O) groups excluding carboxylic acids is 3. The highest BCUT2D eigenvalue weighted by Gasteiger charge is 2.27. The molecule has 0 saturated heterocycles. The van der Waals surface area contributed by atoms with E-state index in [0.717, 1.165) is 29.5 Å². The van der Waals surface area contributed by atoms with Crippen molar-refractivity contribution < 1.29 is 33.3 Å². The monoisotopic (exact) mass is 581 g/mol. The van der Waals surface area contributed by atoms with Gasteiger partial charge in [0, 0.05) is 16.6 Å². The predicted octanol–water partition coefficient (Wildman–Crippen LogP) is 5.03. The Kier molecular flexibility index (Phi) is 8.56. The van der Waals surface area contributed by atoms with Crippen LogP contribution in [-0.4, -0.2) is 50.7 Å². The van der Waals surface area contributed by atoms with Crippen molar-refractivity contribution in [1.29, 1.82) is 0 Å². The number of nitrogens with one attached hydrogen (secondary N) is 1. The second-order valence-electron chi connectivity index (χ2n) is 9.88. The highest BCUT2D eigenvalue weighted by molar-refractivity contribution is 6.07. The quantitative estimate of drug-likeness (QED) is 0.262. The van der Waals surface area contributed by atoms with Crippen molar-refractivity contribution in [1.82, 2.24) is 4.98 Å². The third-order valence-corrected chi connectivity index (χ3v) is 7.19. The summed E-state index contributed by atoms with van der Waals surface area (Å²) in [5.41, 5.74) is 10.3. The van der Waals surface area contributed by atoms with Crippen molar-refractivity contribution in [3.8, 4) is 17.2 Å². The van der Waals surface area contributed by atoms with Gasteiger partial charge in [-0.1, -0.05) is 18.2 Å². The molecule has 2 amide bonds. The summed E-state index contributed by atoms with van der Waals surface area (Å²) in [6, 6.07) is 17.2. The lowest BCUT2D eigenvalue weighted by molar-refractivity contribution is -0.119. The molecule has 0 atom stereocenters. The minimum absolute atomic E-state index is 0.317. The smallest absolute Gasteiger partial charge is 0.339 e. The maximum absolute atomic E-state index is 13.6. The highest BCUT2D eigenvalue weighted by atomic mass is 16.5. The van der Waals surface area contributed by atoms with Gasteiger partial charge in [-0.2, -0.15) is 0 Å². The fourth-order valence-corrected chi connectivity index (χ4v) is 5.21. The molecule has 10 heteroatoms. The number of benzene rings is 3. The van der Waals surface area contributed by atoms with Gasteiger partial charge in [-0.05, 0) is 84.5 Å². The molecule has 0 unspecified atom stereocenters. The van der Waals surface area contributed by atoms with Crippen molar-refractivity contribution in [3.63, 3.8) is 0 Å². The molecule has 3 aromatic carbocycles. The number of fused-ring (bicyclic) bond motifs is 2. The van der Waals surface area contributed by atoms with E-state index < -0.39 is 24.4 Å². The molecule has 5 rings (SSSR count). The molecule has 0 saturated carbocycles. The van der Waals surface area contributed by atoms with E-state index in [1.807, 2.05) is 42.5 Å². The Balaban J connectivity index is 1.46. The first-order chi connectivity index (χ1) is 20.8. The van der Waals surface area contributed by atoms with Gasteiger partial charge in [-0.15, -0.1) is 0 Å². The Morgan fingerprint density at radius 2 is 1.63 bits per heavy atom. The number of aromatic nitrogens is 1. The van der Waals surface area contributed by atoms with Crippen LogP contribution >= 0.6 is 0 Å². The number of para-hydroxylation sites is 1. The van der Waals surface area contributed by atoms with E-state index in [4.69, 9.17) is 29.7 Å². The van der Waals surface area contributed by atoms with Crippen molar-refractivity contribution >= 4 is 46.0 Å². The minimum Gasteiger partial charge on any atom is -0.493 e. The average molecular weight is 582 g/mol. The molecule has 3 N–H and O–H groups in total. The SMILES string of the molecule is COc1cc(C=C2CCCc3c2nc2ccccc2c3C(=O)OCC(=O)Nc2ccc(C(N)=O)cc2)cc(OC)c1OC. The number of allylic oxidation sites excluding steroid dienone is 1. The van der Waals surface area contributed by atoms with Gasteiger partial charge in [0.2, 0.25) is 11.7 Å². The van der Waals surface area contributed by atoms with Crippen LogP contribution in [0.15, 0.2) is 60.7 Å². The van der Waals surface area contributed by atoms with E-state index >= 15 is 0 Å². The summed E-state index contributed by atoms with van der Waals surface area (Å²) in [6.07, 6.45) is 4.19. The van der Waals surface area contributed by atoms with Gasteiger partial charge in [-0.25, -0.2) is 9.78 Å². The zero-order chi connectivity index (χ0) is 30.5. The van der Waals surface area contributed by atoms with Crippen LogP contribution in [0.1, 0.15) is 50.4 Å². The van der Waals surface area contributed by atoms with Crippen LogP contribution in [0.5, 0.6) is 17.2 Å². The predicted molar refractivity (Wildman–Crippen MR) is 163 cm³/mol. The molecule has 0 bridgehead atoms. The Labute approximate surface area is 248 Å². The molecule has 0 aliphatic heterocycles. The van der Waals surface area contributed by atoms with Crippen LogP contribution in [0.25, 0.3) is 22.6 Å². The van der Waals surface area contributed by atoms with E-state index in [1.54, 1.807) is 33.5 Å². The summed E-state index contributed by atoms with van der Waals surface area (Å²) in [5.74, 6) is -0.137. The number of ether oxygens (including phenoxy) is 4. The number of esters is 1. The van der Waals surface area contributed by atoms with Crippen molar-refractivity contribution in [2.24, 2.45) is 5.73 Å². The number of carbonyl (C=O) groups is 3. The van der Waals surface area contributed by atoms with Crippen LogP contribution in [-0.2, 0) is 16.0 Å². The van der Waals surface area contributed by atoms with Gasteiger partial charge in [0.05, 0.1) is 38.1 Å². The standard InChI is InChI=1S/C33H31N3O7/c1-40-26-16-19(17-27(41-2)31(26)42-3)15-21-7-6-9-24-29(23-8-4-5-10-25(23)36-30(21)24)33(39)43-18-28(37)35-22-13-11-20(12-14-22)32(34)38/h4-5,8,10-17H,6-7,9,18H2,1-3H3,(H2,34,38)(H,35,37). The number of amides is 2. The molecule has 1 heterocycles. The second kappa shape index (κ2) is 12.6. The molecule has 1 aromatic heterocycles. The van der Waals surface area contributed by atoms with E-state index in [-0.39, 0.29) is 0 Å². The van der Waals surface area contributed by atoms with Gasteiger partial charge >= 0.3 is 5.97 Å². The Morgan fingerprint density at radius 3 is 2.28 bits per heavy atom. The van der Waals surface area contributed by atoms with Gasteiger partial charge in [0.1, 0.15) is 0 Å². The largest absolute Gasteiger partial charge is 0.493 e. The molecule has 220 valence electrons. The number of hydrogen-bond donors (Lipinski definition) is 2. The van der Waals surface area contributed by atoms with Crippen LogP contribution in [0.4, 0.5) is 5.69 Å². The maximum Gasteiger partial charge on any atom is 0.339 e. The molecule has 0 radical (unpaired) electrons. The third kappa shape index (κ3) is 6.13. The summed E-state index contributed by atoms with van der Waals surface area (Å²) < 4.78 is 22.0. The first-order valence-corrected chi connectivity index (χ1v) is 13.6. The zero-order valence-electron chi connectivity index (χ0n) is 24.1. The topological polar surface area (TPSA) is 139 Å². The molecule has 10 nitrogen and oxygen atoms in total. The van der Waals surface area contributed by atoms with Crippen LogP contribution in [0.2, 0.25) is 0 Å². The average Bonchev–Trinajstić information content (AvgIpc) is 3.02. The molecule has 4 aromatic rings. The number of methoxy groups -OCH3 is 3. The number of anilines is 1. The van der Waals surface area contributed by atoms with Crippen molar-refractivity contribution in [2.45, 2.75) is 19.3 Å². The first kappa shape index (κ1) is 29.1. The summed E-state index contributed by atoms with van der Waals surface area (Å²) in [4.78, 5) is 42.4. The Bertz CT molecular complexity index is 1720. The lowest BCUT2D eigenvalue weighted by atomic mass is 9.86. The molecular formula is C33H31N3O7. The fraction of sp³-hybridized carbons (Fsp3) is 0.212. The lowest BCUT2D eigenvalue weighted by Crippen LogP contribution is -2.22. The van der Waals surface area contributed by atoms with Gasteiger partial charge in [0.25, 0.3) is 5.91 Å². The maximum atomic E-state index is 13.6. The molecule has 1 aliphatic carbocycles. The van der Waals surface area contributed by atoms with E-state index in [1.165, 1.54) is 12.1 Å². The van der Waals surface area contributed by atoms with Crippen molar-refractivity contribution in [2.75, 3.05) is 33.3 Å².